The van der Waals surface area contributed by atoms with Crippen molar-refractivity contribution in [3.63, 3.8) is 0 Å². The van der Waals surface area contributed by atoms with Crippen LogP contribution in [0.3, 0.4) is 0 Å². The first-order valence-electron chi connectivity index (χ1n) is 6.70. The summed E-state index contributed by atoms with van der Waals surface area (Å²) in [6.07, 6.45) is 0.533. The van der Waals surface area contributed by atoms with Gasteiger partial charge in [0.05, 0.1) is 0 Å². The Morgan fingerprint density at radius 3 is 2.53 bits per heavy atom. The largest absolute Gasteiger partial charge is 0.359 e. The van der Waals surface area contributed by atoms with Gasteiger partial charge in [-0.15, -0.1) is 0 Å². The molecule has 0 amide bonds. The molecule has 19 heavy (non-hydrogen) atoms. The molecule has 1 heterocycles. The van der Waals surface area contributed by atoms with Crippen molar-refractivity contribution in [1.82, 2.24) is 0 Å². The maximum Gasteiger partial charge on any atom is 0.115 e. The molecule has 3 aromatic rings. The van der Waals surface area contributed by atoms with Gasteiger partial charge in [-0.3, -0.25) is 0 Å². The predicted octanol–water partition coefficient (Wildman–Crippen LogP) is 4.63. The molecule has 1 saturated heterocycles. The lowest BCUT2D eigenvalue weighted by Crippen LogP contribution is -1.99. The zero-order valence-corrected chi connectivity index (χ0v) is 10.3. The summed E-state index contributed by atoms with van der Waals surface area (Å²) in [6, 6.07) is 21.7. The van der Waals surface area contributed by atoms with Crippen molar-refractivity contribution in [1.29, 1.82) is 0 Å². The lowest BCUT2D eigenvalue weighted by Gasteiger charge is -2.18. The van der Waals surface area contributed by atoms with E-state index in [4.69, 9.17) is 4.74 Å². The van der Waals surface area contributed by atoms with Gasteiger partial charge in [0, 0.05) is 0 Å². The fourth-order valence-electron chi connectivity index (χ4n) is 3.40. The molecule has 1 nitrogen and oxygen atoms in total. The van der Waals surface area contributed by atoms with Gasteiger partial charge in [-0.25, -0.2) is 0 Å². The summed E-state index contributed by atoms with van der Waals surface area (Å²) in [4.78, 5) is 0. The summed E-state index contributed by atoms with van der Waals surface area (Å²) in [5, 5.41) is 2.64. The van der Waals surface area contributed by atoms with E-state index in [0.717, 1.165) is 0 Å². The predicted molar refractivity (Wildman–Crippen MR) is 76.0 cm³/mol. The van der Waals surface area contributed by atoms with Crippen LogP contribution in [0, 0.1) is 0 Å². The Labute approximate surface area is 111 Å². The van der Waals surface area contributed by atoms with E-state index in [0.29, 0.717) is 0 Å². The number of ether oxygens (including phenoxy) is 1. The lowest BCUT2D eigenvalue weighted by molar-refractivity contribution is 0.381. The van der Waals surface area contributed by atoms with E-state index in [1.165, 1.54) is 33.0 Å². The minimum Gasteiger partial charge on any atom is -0.359 e. The molecule has 5 rings (SSSR count). The first kappa shape index (κ1) is 9.76. The Balaban J connectivity index is 1.94. The SMILES string of the molecule is c1ccc2c(c1)-c1ccc3ccccc3c1[C@H]1O[C@@H]21. The summed E-state index contributed by atoms with van der Waals surface area (Å²) in [7, 11) is 0. The van der Waals surface area contributed by atoms with E-state index in [1.54, 1.807) is 0 Å². The molecule has 0 bridgehead atoms. The second-order valence-electron chi connectivity index (χ2n) is 5.31. The zero-order chi connectivity index (χ0) is 12.4. The van der Waals surface area contributed by atoms with E-state index in [-0.39, 0.29) is 12.2 Å². The van der Waals surface area contributed by atoms with Gasteiger partial charge in [0.25, 0.3) is 0 Å². The third-order valence-electron chi connectivity index (χ3n) is 4.30. The van der Waals surface area contributed by atoms with Gasteiger partial charge in [0.1, 0.15) is 12.2 Å². The molecular formula is C18H12O. The highest BCUT2D eigenvalue weighted by Gasteiger charge is 2.47. The Kier molecular flexibility index (Phi) is 1.67. The maximum absolute atomic E-state index is 5.94. The van der Waals surface area contributed by atoms with Gasteiger partial charge < -0.3 is 4.74 Å². The third kappa shape index (κ3) is 1.18. The molecule has 2 atom stereocenters. The molecule has 1 aliphatic carbocycles. The van der Waals surface area contributed by atoms with E-state index < -0.39 is 0 Å². The van der Waals surface area contributed by atoms with Crippen LogP contribution in [-0.2, 0) is 4.74 Å². The van der Waals surface area contributed by atoms with Crippen molar-refractivity contribution in [2.24, 2.45) is 0 Å². The van der Waals surface area contributed by atoms with Gasteiger partial charge in [-0.1, -0.05) is 60.7 Å². The molecule has 0 spiro atoms. The highest BCUT2D eigenvalue weighted by Crippen LogP contribution is 2.60. The average Bonchev–Trinajstić information content (AvgIpc) is 3.27. The number of hydrogen-bond acceptors (Lipinski definition) is 1. The summed E-state index contributed by atoms with van der Waals surface area (Å²) >= 11 is 0. The summed E-state index contributed by atoms with van der Waals surface area (Å²) in [6.45, 7) is 0. The molecule has 0 saturated carbocycles. The normalized spacial score (nSPS) is 22.5. The van der Waals surface area contributed by atoms with E-state index >= 15 is 0 Å². The summed E-state index contributed by atoms with van der Waals surface area (Å²) in [5.41, 5.74) is 5.40. The quantitative estimate of drug-likeness (QED) is 0.525. The third-order valence-corrected chi connectivity index (χ3v) is 4.30. The van der Waals surface area contributed by atoms with E-state index in [1.807, 2.05) is 0 Å². The van der Waals surface area contributed by atoms with Crippen molar-refractivity contribution >= 4 is 10.8 Å². The highest BCUT2D eigenvalue weighted by molar-refractivity contribution is 5.94. The Morgan fingerprint density at radius 2 is 1.53 bits per heavy atom. The second kappa shape index (κ2) is 3.25. The van der Waals surface area contributed by atoms with E-state index in [9.17, 15) is 0 Å². The molecule has 1 fully saturated rings. The van der Waals surface area contributed by atoms with Crippen LogP contribution in [0.2, 0.25) is 0 Å². The molecule has 1 aliphatic heterocycles. The number of fused-ring (bicyclic) bond motifs is 8. The fourth-order valence-corrected chi connectivity index (χ4v) is 3.40. The molecule has 3 aromatic carbocycles. The molecule has 0 radical (unpaired) electrons. The summed E-state index contributed by atoms with van der Waals surface area (Å²) < 4.78 is 5.94. The van der Waals surface area contributed by atoms with Gasteiger partial charge in [0.2, 0.25) is 0 Å². The molecule has 0 unspecified atom stereocenters. The minimum atomic E-state index is 0.260. The van der Waals surface area contributed by atoms with E-state index in [2.05, 4.69) is 60.7 Å². The summed E-state index contributed by atoms with van der Waals surface area (Å²) in [5.74, 6) is 0. The van der Waals surface area contributed by atoms with Crippen molar-refractivity contribution < 1.29 is 4.74 Å². The Morgan fingerprint density at radius 1 is 0.684 bits per heavy atom. The van der Waals surface area contributed by atoms with Crippen molar-refractivity contribution in [2.75, 3.05) is 0 Å². The van der Waals surface area contributed by atoms with Crippen LogP contribution in [0.4, 0.5) is 0 Å². The Bertz CT molecular complexity index is 819. The van der Waals surface area contributed by atoms with Crippen LogP contribution in [0.25, 0.3) is 21.9 Å². The number of hydrogen-bond donors (Lipinski definition) is 0. The van der Waals surface area contributed by atoms with Gasteiger partial charge in [0.15, 0.2) is 0 Å². The first-order chi connectivity index (χ1) is 9.43. The maximum atomic E-state index is 5.94. The Hall–Kier alpha value is -2.12. The average molecular weight is 244 g/mol. The zero-order valence-electron chi connectivity index (χ0n) is 10.3. The smallest absolute Gasteiger partial charge is 0.115 e. The molecule has 0 N–H and O–H groups in total. The van der Waals surface area contributed by atoms with Crippen molar-refractivity contribution in [2.45, 2.75) is 12.2 Å². The topological polar surface area (TPSA) is 12.5 Å². The minimum absolute atomic E-state index is 0.260. The monoisotopic (exact) mass is 244 g/mol. The first-order valence-corrected chi connectivity index (χ1v) is 6.70. The van der Waals surface area contributed by atoms with Crippen LogP contribution < -0.4 is 0 Å². The number of rotatable bonds is 0. The van der Waals surface area contributed by atoms with Gasteiger partial charge in [-0.2, -0.15) is 0 Å². The van der Waals surface area contributed by atoms with Crippen molar-refractivity contribution in [3.05, 3.63) is 71.8 Å². The molecule has 0 aromatic heterocycles. The lowest BCUT2D eigenvalue weighted by atomic mass is 9.83. The highest BCUT2D eigenvalue weighted by atomic mass is 16.6. The molecule has 1 heteroatoms. The van der Waals surface area contributed by atoms with Gasteiger partial charge in [-0.05, 0) is 33.0 Å². The standard InChI is InChI=1S/C18H12O/c1-2-6-12-11(5-1)9-10-14-13-7-3-4-8-15(13)17-18(19-17)16(12)14/h1-10,17-18H/t17-,18+/m0/s1. The molecule has 90 valence electrons. The number of benzene rings is 3. The van der Waals surface area contributed by atoms with Crippen LogP contribution >= 0.6 is 0 Å². The van der Waals surface area contributed by atoms with Crippen LogP contribution in [-0.4, -0.2) is 0 Å². The van der Waals surface area contributed by atoms with Crippen LogP contribution in [0.1, 0.15) is 23.3 Å². The fraction of sp³-hybridized carbons (Fsp3) is 0.111. The van der Waals surface area contributed by atoms with Gasteiger partial charge >= 0.3 is 0 Å². The molecular weight excluding hydrogens is 232 g/mol. The molecule has 2 aliphatic rings. The number of epoxide rings is 1. The van der Waals surface area contributed by atoms with Crippen molar-refractivity contribution in [3.8, 4) is 11.1 Å². The van der Waals surface area contributed by atoms with Crippen LogP contribution in [0.15, 0.2) is 60.7 Å². The second-order valence-corrected chi connectivity index (χ2v) is 5.31. The van der Waals surface area contributed by atoms with Crippen LogP contribution in [0.5, 0.6) is 0 Å².